The zero-order valence-corrected chi connectivity index (χ0v) is 12.3. The minimum Gasteiger partial charge on any atom is -0.490 e. The van der Waals surface area contributed by atoms with Crippen LogP contribution in [-0.4, -0.2) is 28.0 Å². The monoisotopic (exact) mass is 326 g/mol. The second kappa shape index (κ2) is 6.42. The average Bonchev–Trinajstić information content (AvgIpc) is 2.30. The van der Waals surface area contributed by atoms with Crippen LogP contribution in [0.4, 0.5) is 0 Å². The maximum atomic E-state index is 11.2. The Hall–Kier alpha value is -1.02. The van der Waals surface area contributed by atoms with Crippen LogP contribution in [0.1, 0.15) is 6.42 Å². The van der Waals surface area contributed by atoms with Gasteiger partial charge in [-0.05, 0) is 12.1 Å². The fourth-order valence-corrected chi connectivity index (χ4v) is 2.50. The van der Waals surface area contributed by atoms with Crippen molar-refractivity contribution in [3.63, 3.8) is 0 Å². The third-order valence-corrected chi connectivity index (χ3v) is 3.61. The molecule has 3 N–H and O–H groups in total. The first-order valence-corrected chi connectivity index (χ1v) is 7.41. The second-order valence-corrected chi connectivity index (χ2v) is 5.91. The molecule has 106 valence electrons. The van der Waals surface area contributed by atoms with Gasteiger partial charge in [-0.25, -0.2) is 13.6 Å². The van der Waals surface area contributed by atoms with E-state index in [1.807, 2.05) is 0 Å². The summed E-state index contributed by atoms with van der Waals surface area (Å²) in [6.45, 7) is 0.0633. The summed E-state index contributed by atoms with van der Waals surface area (Å²) < 4.78 is 27.6. The Balaban J connectivity index is 2.89. The van der Waals surface area contributed by atoms with E-state index in [0.29, 0.717) is 0 Å². The Morgan fingerprint density at radius 1 is 1.37 bits per heavy atom. The summed E-state index contributed by atoms with van der Waals surface area (Å²) in [6.07, 6.45) is 0.125. The maximum Gasteiger partial charge on any atom is 0.238 e. The molecular weight excluding hydrogens is 315 g/mol. The van der Waals surface area contributed by atoms with Gasteiger partial charge in [0.2, 0.25) is 15.9 Å². The fraction of sp³-hybridized carbons (Fsp3) is 0.300. The minimum absolute atomic E-state index is 0.00781. The number of carbonyl (C=O) groups excluding carboxylic acids is 1. The molecule has 0 heterocycles. The maximum absolute atomic E-state index is 11.2. The van der Waals surface area contributed by atoms with E-state index in [1.165, 1.54) is 7.05 Å². The third kappa shape index (κ3) is 4.54. The van der Waals surface area contributed by atoms with Gasteiger partial charge in [0.1, 0.15) is 0 Å². The van der Waals surface area contributed by atoms with Crippen LogP contribution in [0.2, 0.25) is 10.0 Å². The fourth-order valence-electron chi connectivity index (χ4n) is 1.21. The van der Waals surface area contributed by atoms with Gasteiger partial charge in [-0.1, -0.05) is 23.2 Å². The molecule has 0 aliphatic carbocycles. The molecule has 0 fully saturated rings. The number of ether oxygens (including phenoxy) is 1. The Bertz CT molecular complexity index is 566. The molecule has 9 heteroatoms. The van der Waals surface area contributed by atoms with Gasteiger partial charge >= 0.3 is 0 Å². The number of hydrogen-bond donors (Lipinski definition) is 2. The molecule has 1 aromatic rings. The molecule has 1 rings (SSSR count). The van der Waals surface area contributed by atoms with E-state index in [-0.39, 0.29) is 39.6 Å². The van der Waals surface area contributed by atoms with Gasteiger partial charge in [0, 0.05) is 7.05 Å². The summed E-state index contributed by atoms with van der Waals surface area (Å²) in [4.78, 5) is 10.8. The highest BCUT2D eigenvalue weighted by atomic mass is 35.5. The Morgan fingerprint density at radius 3 is 2.32 bits per heavy atom. The van der Waals surface area contributed by atoms with E-state index in [4.69, 9.17) is 33.1 Å². The van der Waals surface area contributed by atoms with Gasteiger partial charge in [0.25, 0.3) is 0 Å². The largest absolute Gasteiger partial charge is 0.490 e. The van der Waals surface area contributed by atoms with Gasteiger partial charge in [-0.3, -0.25) is 4.79 Å². The number of nitrogens with one attached hydrogen (secondary N) is 1. The molecule has 0 spiro atoms. The summed E-state index contributed by atoms with van der Waals surface area (Å²) >= 11 is 11.7. The molecular formula is C10H12Cl2N2O4S. The van der Waals surface area contributed by atoms with Gasteiger partial charge in [0.15, 0.2) is 5.75 Å². The number of carbonyl (C=O) groups is 1. The zero-order chi connectivity index (χ0) is 14.6. The molecule has 6 nitrogen and oxygen atoms in total. The third-order valence-electron chi connectivity index (χ3n) is 2.15. The SMILES string of the molecule is CNC(=O)CCOc1c(Cl)cc(S(N)(=O)=O)cc1Cl. The topological polar surface area (TPSA) is 98.5 Å². The summed E-state index contributed by atoms with van der Waals surface area (Å²) in [6, 6.07) is 2.27. The number of amides is 1. The lowest BCUT2D eigenvalue weighted by Crippen LogP contribution is -2.20. The zero-order valence-electron chi connectivity index (χ0n) is 9.94. The second-order valence-electron chi connectivity index (χ2n) is 3.53. The van der Waals surface area contributed by atoms with Crippen LogP contribution in [0.5, 0.6) is 5.75 Å². The van der Waals surface area contributed by atoms with Crippen LogP contribution >= 0.6 is 23.2 Å². The Labute approximate surface area is 120 Å². The Morgan fingerprint density at radius 2 is 1.89 bits per heavy atom. The van der Waals surface area contributed by atoms with Gasteiger partial charge < -0.3 is 10.1 Å². The number of nitrogens with two attached hydrogens (primary N) is 1. The van der Waals surface area contributed by atoms with Crippen molar-refractivity contribution in [3.05, 3.63) is 22.2 Å². The van der Waals surface area contributed by atoms with Crippen LogP contribution in [0, 0.1) is 0 Å². The van der Waals surface area contributed by atoms with Crippen molar-refractivity contribution in [1.82, 2.24) is 5.32 Å². The molecule has 0 aliphatic heterocycles. The molecule has 0 saturated carbocycles. The van der Waals surface area contributed by atoms with Crippen molar-refractivity contribution < 1.29 is 17.9 Å². The van der Waals surface area contributed by atoms with E-state index in [2.05, 4.69) is 5.32 Å². The van der Waals surface area contributed by atoms with Crippen molar-refractivity contribution in [3.8, 4) is 5.75 Å². The smallest absolute Gasteiger partial charge is 0.238 e. The van der Waals surface area contributed by atoms with Crippen LogP contribution in [-0.2, 0) is 14.8 Å². The number of rotatable bonds is 5. The van der Waals surface area contributed by atoms with E-state index >= 15 is 0 Å². The van der Waals surface area contributed by atoms with Crippen molar-refractivity contribution in [2.45, 2.75) is 11.3 Å². The van der Waals surface area contributed by atoms with Crippen molar-refractivity contribution in [1.29, 1.82) is 0 Å². The van der Waals surface area contributed by atoms with Crippen LogP contribution in [0.15, 0.2) is 17.0 Å². The quantitative estimate of drug-likeness (QED) is 0.848. The van der Waals surface area contributed by atoms with E-state index < -0.39 is 10.0 Å². The van der Waals surface area contributed by atoms with E-state index in [0.717, 1.165) is 12.1 Å². The van der Waals surface area contributed by atoms with Gasteiger partial charge in [0.05, 0.1) is 28.0 Å². The Kier molecular flexibility index (Phi) is 5.42. The molecule has 0 saturated heterocycles. The van der Waals surface area contributed by atoms with Gasteiger partial charge in [-0.15, -0.1) is 0 Å². The summed E-state index contributed by atoms with van der Waals surface area (Å²) in [5.41, 5.74) is 0. The van der Waals surface area contributed by atoms with Crippen molar-refractivity contribution >= 4 is 39.1 Å². The number of primary sulfonamides is 1. The summed E-state index contributed by atoms with van der Waals surface area (Å²) in [7, 11) is -2.39. The highest BCUT2D eigenvalue weighted by Gasteiger charge is 2.16. The molecule has 0 aliphatic rings. The van der Waals surface area contributed by atoms with Crippen LogP contribution < -0.4 is 15.2 Å². The number of hydrogen-bond acceptors (Lipinski definition) is 4. The van der Waals surface area contributed by atoms with Crippen LogP contribution in [0.25, 0.3) is 0 Å². The normalized spacial score (nSPS) is 11.2. The summed E-state index contributed by atoms with van der Waals surface area (Å²) in [5, 5.41) is 7.41. The van der Waals surface area contributed by atoms with E-state index in [9.17, 15) is 13.2 Å². The first-order chi connectivity index (χ1) is 8.75. The molecule has 0 atom stereocenters. The molecule has 0 unspecified atom stereocenters. The lowest BCUT2D eigenvalue weighted by molar-refractivity contribution is -0.121. The molecule has 19 heavy (non-hydrogen) atoms. The van der Waals surface area contributed by atoms with Crippen molar-refractivity contribution in [2.75, 3.05) is 13.7 Å². The van der Waals surface area contributed by atoms with E-state index in [1.54, 1.807) is 0 Å². The lowest BCUT2D eigenvalue weighted by Gasteiger charge is -2.10. The molecule has 1 amide bonds. The number of sulfonamides is 1. The molecule has 0 bridgehead atoms. The number of benzene rings is 1. The minimum atomic E-state index is -3.89. The standard InChI is InChI=1S/C10H12Cl2N2O4S/c1-14-9(15)2-3-18-10-7(11)4-6(5-8(10)12)19(13,16)17/h4-5H,2-3H2,1H3,(H,14,15)(H2,13,16,17). The molecule has 1 aromatic carbocycles. The predicted molar refractivity (Wildman–Crippen MR) is 72.0 cm³/mol. The summed E-state index contributed by atoms with van der Waals surface area (Å²) in [5.74, 6) is -0.0898. The highest BCUT2D eigenvalue weighted by molar-refractivity contribution is 7.89. The number of halogens is 2. The first kappa shape index (κ1) is 16.0. The van der Waals surface area contributed by atoms with Crippen molar-refractivity contribution in [2.24, 2.45) is 5.14 Å². The highest BCUT2D eigenvalue weighted by Crippen LogP contribution is 2.35. The van der Waals surface area contributed by atoms with Crippen LogP contribution in [0.3, 0.4) is 0 Å². The van der Waals surface area contributed by atoms with Gasteiger partial charge in [-0.2, -0.15) is 0 Å². The first-order valence-electron chi connectivity index (χ1n) is 5.11. The molecule has 0 radical (unpaired) electrons. The lowest BCUT2D eigenvalue weighted by atomic mass is 10.3. The predicted octanol–water partition coefficient (Wildman–Crippen LogP) is 1.16. The molecule has 0 aromatic heterocycles. The average molecular weight is 327 g/mol.